The van der Waals surface area contributed by atoms with E-state index in [1.54, 1.807) is 7.11 Å². The van der Waals surface area contributed by atoms with Crippen molar-refractivity contribution in [2.24, 2.45) is 0 Å². The Kier molecular flexibility index (Phi) is 2.98. The van der Waals surface area contributed by atoms with Crippen LogP contribution >= 0.6 is 0 Å². The summed E-state index contributed by atoms with van der Waals surface area (Å²) in [6, 6.07) is 1.98. The minimum absolute atomic E-state index is 0.0504. The fourth-order valence-electron chi connectivity index (χ4n) is 2.03. The van der Waals surface area contributed by atoms with Gasteiger partial charge in [0.05, 0.1) is 7.11 Å². The van der Waals surface area contributed by atoms with Crippen molar-refractivity contribution in [1.82, 2.24) is 0 Å². The lowest BCUT2D eigenvalue weighted by atomic mass is 9.82. The van der Waals surface area contributed by atoms with Crippen LogP contribution < -0.4 is 4.74 Å². The molecule has 0 saturated carbocycles. The number of hydrogen-bond acceptors (Lipinski definition) is 2. The van der Waals surface area contributed by atoms with E-state index in [-0.39, 0.29) is 5.41 Å². The molecule has 84 valence electrons. The second-order valence-corrected chi connectivity index (χ2v) is 4.99. The number of rotatable bonds is 1. The van der Waals surface area contributed by atoms with Gasteiger partial charge in [-0.1, -0.05) is 20.8 Å². The number of ether oxygens (including phenoxy) is 1. The molecule has 0 radical (unpaired) electrons. The van der Waals surface area contributed by atoms with E-state index < -0.39 is 0 Å². The molecule has 0 saturated heterocycles. The van der Waals surface area contributed by atoms with Crippen molar-refractivity contribution in [3.63, 3.8) is 0 Å². The minimum atomic E-state index is -0.0504. The molecule has 1 aromatic rings. The van der Waals surface area contributed by atoms with Crippen LogP contribution in [0.3, 0.4) is 0 Å². The van der Waals surface area contributed by atoms with Crippen molar-refractivity contribution in [2.45, 2.75) is 40.0 Å². The van der Waals surface area contributed by atoms with Gasteiger partial charge in [0, 0.05) is 11.1 Å². The Morgan fingerprint density at radius 3 is 2.13 bits per heavy atom. The summed E-state index contributed by atoms with van der Waals surface area (Å²) in [5, 5.41) is 10.1. The van der Waals surface area contributed by atoms with E-state index in [4.69, 9.17) is 4.74 Å². The molecule has 0 aromatic heterocycles. The highest BCUT2D eigenvalue weighted by Gasteiger charge is 2.23. The van der Waals surface area contributed by atoms with Crippen LogP contribution in [0.2, 0.25) is 0 Å². The standard InChI is InChI=1S/C13H20O2/c1-8-7-10(15-6)9(2)12(14)11(8)13(3,4)5/h7,14H,1-6H3. The molecule has 1 rings (SSSR count). The van der Waals surface area contributed by atoms with Crippen molar-refractivity contribution >= 4 is 0 Å². The molecular weight excluding hydrogens is 188 g/mol. The van der Waals surface area contributed by atoms with Gasteiger partial charge in [-0.05, 0) is 30.9 Å². The van der Waals surface area contributed by atoms with Gasteiger partial charge in [-0.2, -0.15) is 0 Å². The van der Waals surface area contributed by atoms with Crippen molar-refractivity contribution in [3.8, 4) is 11.5 Å². The first kappa shape index (κ1) is 11.9. The number of methoxy groups -OCH3 is 1. The van der Waals surface area contributed by atoms with Crippen LogP contribution in [0.5, 0.6) is 11.5 Å². The first-order valence-corrected chi connectivity index (χ1v) is 5.16. The Morgan fingerprint density at radius 2 is 1.73 bits per heavy atom. The Hall–Kier alpha value is -1.18. The largest absolute Gasteiger partial charge is 0.507 e. The monoisotopic (exact) mass is 208 g/mol. The van der Waals surface area contributed by atoms with Crippen LogP contribution in [0.1, 0.15) is 37.5 Å². The molecule has 0 unspecified atom stereocenters. The van der Waals surface area contributed by atoms with Gasteiger partial charge >= 0.3 is 0 Å². The normalized spacial score (nSPS) is 11.6. The maximum absolute atomic E-state index is 10.1. The van der Waals surface area contributed by atoms with Gasteiger partial charge in [0.15, 0.2) is 0 Å². The SMILES string of the molecule is COc1cc(C)c(C(C)(C)C)c(O)c1C. The summed E-state index contributed by atoms with van der Waals surface area (Å²) >= 11 is 0. The molecule has 15 heavy (non-hydrogen) atoms. The maximum Gasteiger partial charge on any atom is 0.126 e. The van der Waals surface area contributed by atoms with E-state index in [2.05, 4.69) is 20.8 Å². The average molecular weight is 208 g/mol. The molecule has 2 heteroatoms. The third-order valence-electron chi connectivity index (χ3n) is 2.67. The number of aryl methyl sites for hydroxylation is 1. The summed E-state index contributed by atoms with van der Waals surface area (Å²) in [4.78, 5) is 0. The Bertz CT molecular complexity index is 373. The summed E-state index contributed by atoms with van der Waals surface area (Å²) in [6.07, 6.45) is 0. The molecular formula is C13H20O2. The Balaban J connectivity index is 3.50. The zero-order valence-corrected chi connectivity index (χ0v) is 10.4. The van der Waals surface area contributed by atoms with Crippen LogP contribution in [0.4, 0.5) is 0 Å². The molecule has 0 bridgehead atoms. The number of benzene rings is 1. The van der Waals surface area contributed by atoms with Crippen molar-refractivity contribution in [1.29, 1.82) is 0 Å². The third-order valence-corrected chi connectivity index (χ3v) is 2.67. The van der Waals surface area contributed by atoms with Crippen LogP contribution in [0, 0.1) is 13.8 Å². The van der Waals surface area contributed by atoms with Gasteiger partial charge in [-0.3, -0.25) is 0 Å². The maximum atomic E-state index is 10.1. The van der Waals surface area contributed by atoms with E-state index >= 15 is 0 Å². The smallest absolute Gasteiger partial charge is 0.126 e. The first-order valence-electron chi connectivity index (χ1n) is 5.16. The molecule has 0 amide bonds. The van der Waals surface area contributed by atoms with Gasteiger partial charge in [0.1, 0.15) is 11.5 Å². The Labute approximate surface area is 91.9 Å². The van der Waals surface area contributed by atoms with Crippen LogP contribution in [-0.4, -0.2) is 12.2 Å². The van der Waals surface area contributed by atoms with Gasteiger partial charge < -0.3 is 9.84 Å². The molecule has 0 fully saturated rings. The van der Waals surface area contributed by atoms with Gasteiger partial charge in [0.2, 0.25) is 0 Å². The van der Waals surface area contributed by atoms with Crippen LogP contribution in [0.15, 0.2) is 6.07 Å². The minimum Gasteiger partial charge on any atom is -0.507 e. The molecule has 0 heterocycles. The lowest BCUT2D eigenvalue weighted by Gasteiger charge is -2.25. The van der Waals surface area contributed by atoms with E-state index in [0.29, 0.717) is 5.75 Å². The molecule has 0 spiro atoms. The number of phenolic OH excluding ortho intramolecular Hbond substituents is 1. The van der Waals surface area contributed by atoms with Crippen LogP contribution in [0.25, 0.3) is 0 Å². The summed E-state index contributed by atoms with van der Waals surface area (Å²) in [6.45, 7) is 10.2. The molecule has 0 aliphatic heterocycles. The average Bonchev–Trinajstić information content (AvgIpc) is 2.09. The lowest BCUT2D eigenvalue weighted by molar-refractivity contribution is 0.396. The predicted octanol–water partition coefficient (Wildman–Crippen LogP) is 3.32. The zero-order chi connectivity index (χ0) is 11.8. The highest BCUT2D eigenvalue weighted by Crippen LogP contribution is 2.39. The fraction of sp³-hybridized carbons (Fsp3) is 0.538. The van der Waals surface area contributed by atoms with E-state index in [1.165, 1.54) is 0 Å². The van der Waals surface area contributed by atoms with Gasteiger partial charge in [0.25, 0.3) is 0 Å². The third kappa shape index (κ3) is 2.09. The lowest BCUT2D eigenvalue weighted by Crippen LogP contribution is -2.14. The summed E-state index contributed by atoms with van der Waals surface area (Å²) in [7, 11) is 1.62. The van der Waals surface area contributed by atoms with Crippen LogP contribution in [-0.2, 0) is 5.41 Å². The molecule has 0 aliphatic rings. The predicted molar refractivity (Wildman–Crippen MR) is 62.8 cm³/mol. The Morgan fingerprint density at radius 1 is 1.20 bits per heavy atom. The summed E-state index contributed by atoms with van der Waals surface area (Å²) in [5.74, 6) is 1.11. The van der Waals surface area contributed by atoms with Crippen molar-refractivity contribution < 1.29 is 9.84 Å². The van der Waals surface area contributed by atoms with E-state index in [0.717, 1.165) is 22.4 Å². The quantitative estimate of drug-likeness (QED) is 0.767. The summed E-state index contributed by atoms with van der Waals surface area (Å²) in [5.41, 5.74) is 2.84. The van der Waals surface area contributed by atoms with Crippen molar-refractivity contribution in [2.75, 3.05) is 7.11 Å². The number of phenols is 1. The second kappa shape index (κ2) is 3.76. The zero-order valence-electron chi connectivity index (χ0n) is 10.4. The van der Waals surface area contributed by atoms with Crippen molar-refractivity contribution in [3.05, 3.63) is 22.8 Å². The highest BCUT2D eigenvalue weighted by atomic mass is 16.5. The molecule has 0 aliphatic carbocycles. The van der Waals surface area contributed by atoms with Gasteiger partial charge in [-0.25, -0.2) is 0 Å². The van der Waals surface area contributed by atoms with E-state index in [1.807, 2.05) is 19.9 Å². The van der Waals surface area contributed by atoms with E-state index in [9.17, 15) is 5.11 Å². The summed E-state index contributed by atoms with van der Waals surface area (Å²) < 4.78 is 5.21. The second-order valence-electron chi connectivity index (χ2n) is 4.99. The number of hydrogen-bond donors (Lipinski definition) is 1. The molecule has 2 nitrogen and oxygen atoms in total. The van der Waals surface area contributed by atoms with Gasteiger partial charge in [-0.15, -0.1) is 0 Å². The first-order chi connectivity index (χ1) is 6.79. The highest BCUT2D eigenvalue weighted by molar-refractivity contribution is 5.54. The topological polar surface area (TPSA) is 29.5 Å². The molecule has 0 atom stereocenters. The number of aromatic hydroxyl groups is 1. The molecule has 1 aromatic carbocycles. The molecule has 1 N–H and O–H groups in total. The fourth-order valence-corrected chi connectivity index (χ4v) is 2.03.